The van der Waals surface area contributed by atoms with Crippen molar-refractivity contribution in [2.45, 2.75) is 39.8 Å². The van der Waals surface area contributed by atoms with Crippen LogP contribution in [0, 0.1) is 13.8 Å². The largest absolute Gasteiger partial charge is 0.436 e. The first-order valence-corrected chi connectivity index (χ1v) is 8.05. The van der Waals surface area contributed by atoms with Crippen LogP contribution < -0.4 is 4.90 Å². The highest BCUT2D eigenvalue weighted by molar-refractivity contribution is 5.93. The molecule has 0 saturated carbocycles. The van der Waals surface area contributed by atoms with Crippen LogP contribution >= 0.6 is 0 Å². The third kappa shape index (κ3) is 2.83. The molecule has 5 heteroatoms. The number of fused-ring (bicyclic) bond motifs is 1. The molecule has 0 saturated heterocycles. The monoisotopic (exact) mass is 313 g/mol. The van der Waals surface area contributed by atoms with Gasteiger partial charge >= 0.3 is 0 Å². The number of anilines is 1. The summed E-state index contributed by atoms with van der Waals surface area (Å²) >= 11 is 0. The lowest BCUT2D eigenvalue weighted by molar-refractivity contribution is 0.0632. The maximum absolute atomic E-state index is 13.0. The molecule has 0 bridgehead atoms. The van der Waals surface area contributed by atoms with Crippen molar-refractivity contribution in [2.24, 2.45) is 0 Å². The summed E-state index contributed by atoms with van der Waals surface area (Å²) in [6, 6.07) is 8.40. The average molecular weight is 313 g/mol. The zero-order chi connectivity index (χ0) is 16.6. The molecule has 2 heterocycles. The van der Waals surface area contributed by atoms with Gasteiger partial charge in [-0.2, -0.15) is 0 Å². The number of oxazole rings is 1. The highest BCUT2D eigenvalue weighted by Crippen LogP contribution is 2.28. The number of aryl methyl sites for hydroxylation is 2. The first kappa shape index (κ1) is 15.6. The standard InChI is InChI=1S/C18H23N3O2/c1-5-15-11-20(4)16-9-7-6-8-14(16)10-21(15)18(22)17-12(2)19-13(3)23-17/h6-9,15H,5,10-11H2,1-4H3/t15-/m1/s1. The van der Waals surface area contributed by atoms with Crippen molar-refractivity contribution < 1.29 is 9.21 Å². The van der Waals surface area contributed by atoms with Crippen LogP contribution in [0.5, 0.6) is 0 Å². The zero-order valence-corrected chi connectivity index (χ0v) is 14.2. The van der Waals surface area contributed by atoms with E-state index in [1.54, 1.807) is 6.92 Å². The Bertz CT molecular complexity index is 723. The van der Waals surface area contributed by atoms with Crippen LogP contribution in [0.25, 0.3) is 0 Å². The van der Waals surface area contributed by atoms with E-state index in [-0.39, 0.29) is 11.9 Å². The zero-order valence-electron chi connectivity index (χ0n) is 14.2. The fraction of sp³-hybridized carbons (Fsp3) is 0.444. The Hall–Kier alpha value is -2.30. The summed E-state index contributed by atoms with van der Waals surface area (Å²) in [5, 5.41) is 0. The van der Waals surface area contributed by atoms with Gasteiger partial charge in [-0.25, -0.2) is 4.98 Å². The lowest BCUT2D eigenvalue weighted by Crippen LogP contribution is -2.43. The molecule has 0 aliphatic carbocycles. The number of para-hydroxylation sites is 1. The maximum atomic E-state index is 13.0. The van der Waals surface area contributed by atoms with E-state index in [0.717, 1.165) is 18.5 Å². The van der Waals surface area contributed by atoms with E-state index in [2.05, 4.69) is 36.0 Å². The van der Waals surface area contributed by atoms with Gasteiger partial charge in [-0.1, -0.05) is 25.1 Å². The molecule has 1 amide bonds. The molecule has 0 N–H and O–H groups in total. The second-order valence-electron chi connectivity index (χ2n) is 6.15. The molecule has 1 aliphatic rings. The predicted molar refractivity (Wildman–Crippen MR) is 89.6 cm³/mol. The Morgan fingerprint density at radius 1 is 1.35 bits per heavy atom. The average Bonchev–Trinajstić information content (AvgIpc) is 2.80. The van der Waals surface area contributed by atoms with Crippen LogP contribution in [0.4, 0.5) is 5.69 Å². The number of hydrogen-bond donors (Lipinski definition) is 0. The van der Waals surface area contributed by atoms with Crippen molar-refractivity contribution in [1.82, 2.24) is 9.88 Å². The topological polar surface area (TPSA) is 49.6 Å². The summed E-state index contributed by atoms with van der Waals surface area (Å²) in [5.74, 6) is 0.828. The number of carbonyl (C=O) groups excluding carboxylic acids is 1. The fourth-order valence-corrected chi connectivity index (χ4v) is 3.29. The quantitative estimate of drug-likeness (QED) is 0.854. The second kappa shape index (κ2) is 6.07. The normalized spacial score (nSPS) is 17.8. The van der Waals surface area contributed by atoms with E-state index in [9.17, 15) is 4.79 Å². The highest BCUT2D eigenvalue weighted by Gasteiger charge is 2.31. The van der Waals surface area contributed by atoms with Crippen LogP contribution in [0.3, 0.4) is 0 Å². The van der Waals surface area contributed by atoms with Crippen LogP contribution in [0.2, 0.25) is 0 Å². The van der Waals surface area contributed by atoms with E-state index in [4.69, 9.17) is 4.42 Å². The molecule has 0 fully saturated rings. The van der Waals surface area contributed by atoms with Crippen molar-refractivity contribution in [3.63, 3.8) is 0 Å². The Morgan fingerprint density at radius 2 is 2.09 bits per heavy atom. The number of nitrogens with zero attached hydrogens (tertiary/aromatic N) is 3. The van der Waals surface area contributed by atoms with Crippen LogP contribution in [-0.4, -0.2) is 35.4 Å². The summed E-state index contributed by atoms with van der Waals surface area (Å²) in [6.45, 7) is 7.12. The van der Waals surface area contributed by atoms with Gasteiger partial charge in [0.05, 0.1) is 5.69 Å². The van der Waals surface area contributed by atoms with Crippen molar-refractivity contribution in [1.29, 1.82) is 0 Å². The third-order valence-electron chi connectivity index (χ3n) is 4.50. The van der Waals surface area contributed by atoms with E-state index < -0.39 is 0 Å². The minimum absolute atomic E-state index is 0.0694. The van der Waals surface area contributed by atoms with Crippen molar-refractivity contribution >= 4 is 11.6 Å². The Morgan fingerprint density at radius 3 is 2.74 bits per heavy atom. The lowest BCUT2D eigenvalue weighted by Gasteiger charge is -2.30. The molecule has 1 aromatic heterocycles. The minimum atomic E-state index is -0.0694. The van der Waals surface area contributed by atoms with Crippen molar-refractivity contribution in [3.05, 3.63) is 47.2 Å². The van der Waals surface area contributed by atoms with Gasteiger partial charge in [-0.3, -0.25) is 4.79 Å². The second-order valence-corrected chi connectivity index (χ2v) is 6.15. The van der Waals surface area contributed by atoms with Crippen molar-refractivity contribution in [3.8, 4) is 0 Å². The Balaban J connectivity index is 1.99. The molecule has 5 nitrogen and oxygen atoms in total. The number of carbonyl (C=O) groups is 1. The third-order valence-corrected chi connectivity index (χ3v) is 4.50. The summed E-state index contributed by atoms with van der Waals surface area (Å²) in [5.41, 5.74) is 3.01. The van der Waals surface area contributed by atoms with Gasteiger partial charge in [-0.05, 0) is 25.0 Å². The van der Waals surface area contributed by atoms with Crippen LogP contribution in [0.1, 0.15) is 41.0 Å². The van der Waals surface area contributed by atoms with Crippen LogP contribution in [0.15, 0.2) is 28.7 Å². The fourth-order valence-electron chi connectivity index (χ4n) is 3.29. The predicted octanol–water partition coefficient (Wildman–Crippen LogP) is 3.16. The first-order chi connectivity index (χ1) is 11.0. The number of aromatic nitrogens is 1. The highest BCUT2D eigenvalue weighted by atomic mass is 16.4. The first-order valence-electron chi connectivity index (χ1n) is 8.05. The molecule has 1 aliphatic heterocycles. The van der Waals surface area contributed by atoms with E-state index in [1.165, 1.54) is 5.69 Å². The van der Waals surface area contributed by atoms with Gasteiger partial charge in [0.15, 0.2) is 5.89 Å². The molecular weight excluding hydrogens is 290 g/mol. The lowest BCUT2D eigenvalue weighted by atomic mass is 10.1. The number of hydrogen-bond acceptors (Lipinski definition) is 4. The van der Waals surface area contributed by atoms with Crippen molar-refractivity contribution in [2.75, 3.05) is 18.5 Å². The minimum Gasteiger partial charge on any atom is -0.436 e. The summed E-state index contributed by atoms with van der Waals surface area (Å²) in [4.78, 5) is 21.4. The SMILES string of the molecule is CC[C@@H]1CN(C)c2ccccc2CN1C(=O)c1oc(C)nc1C. The number of benzene rings is 1. The van der Waals surface area contributed by atoms with Crippen LogP contribution in [-0.2, 0) is 6.54 Å². The molecule has 3 rings (SSSR count). The smallest absolute Gasteiger partial charge is 0.292 e. The molecular formula is C18H23N3O2. The van der Waals surface area contributed by atoms with Gasteiger partial charge in [0.25, 0.3) is 5.91 Å². The summed E-state index contributed by atoms with van der Waals surface area (Å²) in [6.07, 6.45) is 0.899. The van der Waals surface area contributed by atoms with Gasteiger partial charge < -0.3 is 14.2 Å². The van der Waals surface area contributed by atoms with Gasteiger partial charge in [0.1, 0.15) is 0 Å². The Kier molecular flexibility index (Phi) is 4.11. The maximum Gasteiger partial charge on any atom is 0.292 e. The molecule has 2 aromatic rings. The number of likely N-dealkylation sites (N-methyl/N-ethyl adjacent to an activating group) is 1. The van der Waals surface area contributed by atoms with Gasteiger partial charge in [0, 0.05) is 38.8 Å². The van der Waals surface area contributed by atoms with E-state index in [1.807, 2.05) is 24.0 Å². The van der Waals surface area contributed by atoms with Gasteiger partial charge in [0.2, 0.25) is 5.76 Å². The molecule has 122 valence electrons. The summed E-state index contributed by atoms with van der Waals surface area (Å²) < 4.78 is 5.56. The summed E-state index contributed by atoms with van der Waals surface area (Å²) in [7, 11) is 2.08. The number of amides is 1. The van der Waals surface area contributed by atoms with E-state index >= 15 is 0 Å². The molecule has 23 heavy (non-hydrogen) atoms. The van der Waals surface area contributed by atoms with Gasteiger partial charge in [-0.15, -0.1) is 0 Å². The number of rotatable bonds is 2. The molecule has 0 radical (unpaired) electrons. The molecule has 0 unspecified atom stereocenters. The molecule has 1 atom stereocenters. The van der Waals surface area contributed by atoms with E-state index in [0.29, 0.717) is 23.9 Å². The molecule has 0 spiro atoms. The Labute approximate surface area is 136 Å². The molecule has 1 aromatic carbocycles.